The Bertz CT molecular complexity index is 1430. The molecule has 0 radical (unpaired) electrons. The van der Waals surface area contributed by atoms with Gasteiger partial charge in [-0.2, -0.15) is 0 Å². The summed E-state index contributed by atoms with van der Waals surface area (Å²) in [4.78, 5) is 24.3. The van der Waals surface area contributed by atoms with Crippen molar-refractivity contribution < 1.29 is 13.9 Å². The van der Waals surface area contributed by atoms with Gasteiger partial charge in [0.2, 0.25) is 0 Å². The van der Waals surface area contributed by atoms with Crippen LogP contribution in [-0.2, 0) is 11.3 Å². The number of ether oxygens (including phenoxy) is 1. The standard InChI is InChI=1S/C28H31FN6O2/c1-5-25(33-23(15-34(3)4)17(2)18-9-11-37-16-18)32-22-7-6-20(21-13-31-28(36)27(21)22)24-14-30-26-12-19(29)8-10-35(24)26/h5-8,10,12,14,18,32H,2,9,11,13,15-16H2,1,3-4H3,(H,31,36)/b25-5-,33-23?/t18-/m0/s1. The number of anilines is 1. The van der Waals surface area contributed by atoms with Gasteiger partial charge in [-0.25, -0.2) is 14.4 Å². The summed E-state index contributed by atoms with van der Waals surface area (Å²) in [5.41, 5.74) is 6.14. The molecule has 8 nitrogen and oxygen atoms in total. The number of carbonyl (C=O) groups is 1. The van der Waals surface area contributed by atoms with Crippen LogP contribution in [0.25, 0.3) is 16.9 Å². The fourth-order valence-corrected chi connectivity index (χ4v) is 4.85. The van der Waals surface area contributed by atoms with Crippen LogP contribution in [0.4, 0.5) is 10.1 Å². The molecule has 5 rings (SSSR count). The van der Waals surface area contributed by atoms with Crippen molar-refractivity contribution in [1.29, 1.82) is 0 Å². The summed E-state index contributed by atoms with van der Waals surface area (Å²) >= 11 is 0. The number of hydrogen-bond donors (Lipinski definition) is 2. The number of fused-ring (bicyclic) bond motifs is 2. The second kappa shape index (κ2) is 10.3. The predicted molar refractivity (Wildman–Crippen MR) is 143 cm³/mol. The maximum absolute atomic E-state index is 13.7. The molecule has 9 heteroatoms. The van der Waals surface area contributed by atoms with Gasteiger partial charge in [-0.3, -0.25) is 9.20 Å². The van der Waals surface area contributed by atoms with Gasteiger partial charge in [0.25, 0.3) is 5.91 Å². The lowest BCUT2D eigenvalue weighted by atomic mass is 9.95. The first-order valence-electron chi connectivity index (χ1n) is 12.3. The zero-order valence-corrected chi connectivity index (χ0v) is 21.3. The van der Waals surface area contributed by atoms with Gasteiger partial charge < -0.3 is 20.3 Å². The van der Waals surface area contributed by atoms with Crippen LogP contribution in [0.15, 0.2) is 65.7 Å². The number of halogens is 1. The number of pyridine rings is 1. The van der Waals surface area contributed by atoms with Crippen molar-refractivity contribution >= 4 is 23.0 Å². The molecular weight excluding hydrogens is 471 g/mol. The monoisotopic (exact) mass is 502 g/mol. The summed E-state index contributed by atoms with van der Waals surface area (Å²) in [5.74, 6) is 0.393. The number of nitrogens with one attached hydrogen (secondary N) is 2. The van der Waals surface area contributed by atoms with E-state index in [1.807, 2.05) is 43.6 Å². The van der Waals surface area contributed by atoms with E-state index >= 15 is 0 Å². The number of carbonyl (C=O) groups excluding carboxylic acids is 1. The number of nitrogens with zero attached hydrogens (tertiary/aromatic N) is 4. The van der Waals surface area contributed by atoms with Gasteiger partial charge in [0.05, 0.1) is 35.5 Å². The van der Waals surface area contributed by atoms with E-state index < -0.39 is 0 Å². The minimum Gasteiger partial charge on any atom is -0.381 e. The van der Waals surface area contributed by atoms with Gasteiger partial charge in [0, 0.05) is 43.4 Å². The van der Waals surface area contributed by atoms with Crippen molar-refractivity contribution in [3.05, 3.63) is 77.7 Å². The number of imidazole rings is 1. The molecule has 3 aromatic rings. The Morgan fingerprint density at radius 2 is 2.24 bits per heavy atom. The van der Waals surface area contributed by atoms with Crippen LogP contribution in [0.1, 0.15) is 29.3 Å². The zero-order valence-electron chi connectivity index (χ0n) is 21.3. The Morgan fingerprint density at radius 3 is 2.97 bits per heavy atom. The number of amides is 1. The van der Waals surface area contributed by atoms with Gasteiger partial charge >= 0.3 is 0 Å². The highest BCUT2D eigenvalue weighted by Gasteiger charge is 2.28. The third kappa shape index (κ3) is 4.92. The van der Waals surface area contributed by atoms with E-state index in [1.54, 1.807) is 12.4 Å². The van der Waals surface area contributed by atoms with E-state index in [2.05, 4.69) is 27.1 Å². The second-order valence-electron chi connectivity index (χ2n) is 9.59. The molecule has 192 valence electrons. The molecule has 1 saturated heterocycles. The molecule has 0 unspecified atom stereocenters. The van der Waals surface area contributed by atoms with Gasteiger partial charge in [0.15, 0.2) is 0 Å². The molecule has 2 aromatic heterocycles. The summed E-state index contributed by atoms with van der Waals surface area (Å²) in [6, 6.07) is 6.62. The number of aliphatic imine (C=N–C) groups is 1. The fourth-order valence-electron chi connectivity index (χ4n) is 4.85. The summed E-state index contributed by atoms with van der Waals surface area (Å²) in [5, 5.41) is 6.32. The quantitative estimate of drug-likeness (QED) is 0.450. The van der Waals surface area contributed by atoms with Crippen molar-refractivity contribution in [3.8, 4) is 11.3 Å². The molecule has 2 aliphatic heterocycles. The molecule has 1 fully saturated rings. The van der Waals surface area contributed by atoms with Crippen molar-refractivity contribution in [3.63, 3.8) is 0 Å². The number of benzene rings is 1. The van der Waals surface area contributed by atoms with Crippen molar-refractivity contribution in [2.24, 2.45) is 10.9 Å². The fraction of sp³-hybridized carbons (Fsp3) is 0.321. The molecule has 0 saturated carbocycles. The second-order valence-corrected chi connectivity index (χ2v) is 9.59. The summed E-state index contributed by atoms with van der Waals surface area (Å²) in [7, 11) is 4.00. The van der Waals surface area contributed by atoms with E-state index in [-0.39, 0.29) is 17.6 Å². The smallest absolute Gasteiger partial charge is 0.254 e. The predicted octanol–water partition coefficient (Wildman–Crippen LogP) is 4.25. The minimum absolute atomic E-state index is 0.153. The maximum Gasteiger partial charge on any atom is 0.254 e. The van der Waals surface area contributed by atoms with Gasteiger partial charge in [-0.05, 0) is 56.8 Å². The molecule has 1 amide bonds. The SMILES string of the molecule is C=C(C(CN(C)C)=N/C(=C\C)Nc1ccc(-c2cnc3cc(F)ccn23)c2c1C(=O)NC2)[C@H]1CCOC1. The Kier molecular flexibility index (Phi) is 6.90. The van der Waals surface area contributed by atoms with E-state index in [0.717, 1.165) is 41.1 Å². The topological polar surface area (TPSA) is 83.3 Å². The Balaban J connectivity index is 1.50. The normalized spacial score (nSPS) is 18.0. The average molecular weight is 503 g/mol. The van der Waals surface area contributed by atoms with Crippen LogP contribution in [-0.4, -0.2) is 59.8 Å². The summed E-state index contributed by atoms with van der Waals surface area (Å²) in [6.07, 6.45) is 6.18. The number of rotatable bonds is 8. The van der Waals surface area contributed by atoms with Crippen molar-refractivity contribution in [2.75, 3.05) is 39.2 Å². The van der Waals surface area contributed by atoms with Crippen LogP contribution in [0.2, 0.25) is 0 Å². The third-order valence-corrected chi connectivity index (χ3v) is 6.77. The van der Waals surface area contributed by atoms with E-state index in [4.69, 9.17) is 9.73 Å². The van der Waals surface area contributed by atoms with E-state index in [0.29, 0.717) is 42.4 Å². The number of allylic oxidation sites excluding steroid dienone is 1. The molecule has 2 N–H and O–H groups in total. The molecular formula is C28H31FN6O2. The first-order valence-corrected chi connectivity index (χ1v) is 12.3. The van der Waals surface area contributed by atoms with Gasteiger partial charge in [-0.15, -0.1) is 0 Å². The molecule has 0 bridgehead atoms. The Hall–Kier alpha value is -3.82. The molecule has 0 spiro atoms. The number of hydrogen-bond acceptors (Lipinski definition) is 6. The van der Waals surface area contributed by atoms with Gasteiger partial charge in [-0.1, -0.05) is 12.6 Å². The van der Waals surface area contributed by atoms with Crippen LogP contribution in [0, 0.1) is 11.7 Å². The molecule has 1 aromatic carbocycles. The molecule has 2 aliphatic rings. The van der Waals surface area contributed by atoms with Crippen molar-refractivity contribution in [2.45, 2.75) is 19.9 Å². The lowest BCUT2D eigenvalue weighted by Crippen LogP contribution is -2.26. The maximum atomic E-state index is 13.7. The molecule has 37 heavy (non-hydrogen) atoms. The van der Waals surface area contributed by atoms with Crippen LogP contribution >= 0.6 is 0 Å². The number of aromatic nitrogens is 2. The highest BCUT2D eigenvalue weighted by molar-refractivity contribution is 6.06. The average Bonchev–Trinajstić information content (AvgIpc) is 3.63. The lowest BCUT2D eigenvalue weighted by Gasteiger charge is -2.20. The first kappa shape index (κ1) is 24.9. The lowest BCUT2D eigenvalue weighted by molar-refractivity contribution is 0.0966. The summed E-state index contributed by atoms with van der Waals surface area (Å²) < 4.78 is 21.1. The van der Waals surface area contributed by atoms with Crippen LogP contribution in [0.5, 0.6) is 0 Å². The molecule has 0 aliphatic carbocycles. The van der Waals surface area contributed by atoms with E-state index in [1.165, 1.54) is 12.1 Å². The summed E-state index contributed by atoms with van der Waals surface area (Å²) in [6.45, 7) is 8.68. The Morgan fingerprint density at radius 1 is 1.41 bits per heavy atom. The van der Waals surface area contributed by atoms with Crippen molar-refractivity contribution in [1.82, 2.24) is 19.6 Å². The highest BCUT2D eigenvalue weighted by atomic mass is 19.1. The van der Waals surface area contributed by atoms with Crippen LogP contribution in [0.3, 0.4) is 0 Å². The van der Waals surface area contributed by atoms with Crippen LogP contribution < -0.4 is 10.6 Å². The molecule has 4 heterocycles. The Labute approximate surface area is 215 Å². The third-order valence-electron chi connectivity index (χ3n) is 6.77. The van der Waals surface area contributed by atoms with E-state index in [9.17, 15) is 9.18 Å². The molecule has 1 atom stereocenters. The first-order chi connectivity index (χ1) is 17.9. The minimum atomic E-state index is -0.345. The highest BCUT2D eigenvalue weighted by Crippen LogP contribution is 2.35. The largest absolute Gasteiger partial charge is 0.381 e. The zero-order chi connectivity index (χ0) is 26.1. The van der Waals surface area contributed by atoms with Gasteiger partial charge in [0.1, 0.15) is 17.3 Å².